The SMILES string of the molecule is CCOc1ccc([C@H](O)[C@@H](CN2CCCCC2)c2ccccc2)cc1. The number of aliphatic hydroxyl groups is 1. The van der Waals surface area contributed by atoms with Gasteiger partial charge in [0, 0.05) is 12.5 Å². The Morgan fingerprint density at radius 3 is 2.24 bits per heavy atom. The fourth-order valence-electron chi connectivity index (χ4n) is 3.67. The molecule has 0 radical (unpaired) electrons. The Morgan fingerprint density at radius 1 is 0.920 bits per heavy atom. The van der Waals surface area contributed by atoms with Crippen molar-refractivity contribution in [2.75, 3.05) is 26.2 Å². The second-order valence-corrected chi connectivity index (χ2v) is 6.83. The average molecular weight is 339 g/mol. The minimum Gasteiger partial charge on any atom is -0.494 e. The van der Waals surface area contributed by atoms with Crippen LogP contribution in [0.1, 0.15) is 49.3 Å². The van der Waals surface area contributed by atoms with E-state index in [1.165, 1.54) is 24.8 Å². The van der Waals surface area contributed by atoms with Gasteiger partial charge in [0.1, 0.15) is 5.75 Å². The van der Waals surface area contributed by atoms with Gasteiger partial charge in [-0.3, -0.25) is 0 Å². The molecule has 1 saturated heterocycles. The van der Waals surface area contributed by atoms with Gasteiger partial charge in [-0.2, -0.15) is 0 Å². The molecule has 134 valence electrons. The Hall–Kier alpha value is -1.84. The van der Waals surface area contributed by atoms with Crippen molar-refractivity contribution in [3.05, 3.63) is 65.7 Å². The van der Waals surface area contributed by atoms with Crippen LogP contribution in [0.25, 0.3) is 0 Å². The molecule has 0 aromatic heterocycles. The molecule has 1 fully saturated rings. The molecule has 1 heterocycles. The van der Waals surface area contributed by atoms with Crippen LogP contribution in [0.5, 0.6) is 5.75 Å². The first-order chi connectivity index (χ1) is 12.3. The van der Waals surface area contributed by atoms with E-state index in [0.29, 0.717) is 6.61 Å². The van der Waals surface area contributed by atoms with Gasteiger partial charge in [-0.05, 0) is 56.1 Å². The van der Waals surface area contributed by atoms with Gasteiger partial charge in [-0.1, -0.05) is 48.9 Å². The molecule has 1 N–H and O–H groups in total. The smallest absolute Gasteiger partial charge is 0.119 e. The zero-order valence-electron chi connectivity index (χ0n) is 15.1. The number of likely N-dealkylation sites (tertiary alicyclic amines) is 1. The molecule has 25 heavy (non-hydrogen) atoms. The summed E-state index contributed by atoms with van der Waals surface area (Å²) in [5, 5.41) is 11.1. The lowest BCUT2D eigenvalue weighted by atomic mass is 9.88. The number of benzene rings is 2. The molecule has 1 aliphatic heterocycles. The van der Waals surface area contributed by atoms with E-state index in [0.717, 1.165) is 30.9 Å². The summed E-state index contributed by atoms with van der Waals surface area (Å²) in [6.07, 6.45) is 3.34. The fourth-order valence-corrected chi connectivity index (χ4v) is 3.67. The topological polar surface area (TPSA) is 32.7 Å². The van der Waals surface area contributed by atoms with E-state index in [9.17, 15) is 5.11 Å². The Labute approximate surface area is 151 Å². The van der Waals surface area contributed by atoms with Crippen LogP contribution in [0.3, 0.4) is 0 Å². The third-order valence-electron chi connectivity index (χ3n) is 5.05. The average Bonchev–Trinajstić information content (AvgIpc) is 2.68. The molecule has 0 spiro atoms. The van der Waals surface area contributed by atoms with E-state index in [4.69, 9.17) is 4.74 Å². The fraction of sp³-hybridized carbons (Fsp3) is 0.455. The lowest BCUT2D eigenvalue weighted by Gasteiger charge is -2.33. The summed E-state index contributed by atoms with van der Waals surface area (Å²) < 4.78 is 5.52. The molecule has 0 amide bonds. The molecule has 0 bridgehead atoms. The molecule has 3 nitrogen and oxygen atoms in total. The maximum atomic E-state index is 11.1. The molecular weight excluding hydrogens is 310 g/mol. The third kappa shape index (κ3) is 4.83. The third-order valence-corrected chi connectivity index (χ3v) is 5.05. The monoisotopic (exact) mass is 339 g/mol. The maximum Gasteiger partial charge on any atom is 0.119 e. The van der Waals surface area contributed by atoms with Crippen LogP contribution >= 0.6 is 0 Å². The van der Waals surface area contributed by atoms with E-state index in [1.54, 1.807) is 0 Å². The van der Waals surface area contributed by atoms with E-state index in [2.05, 4.69) is 29.2 Å². The number of rotatable bonds is 7. The van der Waals surface area contributed by atoms with Crippen LogP contribution in [0, 0.1) is 0 Å². The van der Waals surface area contributed by atoms with Crippen LogP contribution in [0.15, 0.2) is 54.6 Å². The van der Waals surface area contributed by atoms with Crippen LogP contribution in [-0.4, -0.2) is 36.2 Å². The predicted octanol–water partition coefficient (Wildman–Crippen LogP) is 4.39. The standard InChI is InChI=1S/C22H29NO2/c1-2-25-20-13-11-19(12-14-20)22(24)21(18-9-5-3-6-10-18)17-23-15-7-4-8-16-23/h3,5-6,9-14,21-22,24H,2,4,7-8,15-17H2,1H3/t21-,22-/m0/s1. The highest BCUT2D eigenvalue weighted by atomic mass is 16.5. The quantitative estimate of drug-likeness (QED) is 0.812. The molecule has 0 saturated carbocycles. The van der Waals surface area contributed by atoms with Gasteiger partial charge in [0.2, 0.25) is 0 Å². The molecule has 2 aromatic carbocycles. The van der Waals surface area contributed by atoms with Crippen LogP contribution in [0.4, 0.5) is 0 Å². The minimum atomic E-state index is -0.514. The Balaban J connectivity index is 1.79. The summed E-state index contributed by atoms with van der Waals surface area (Å²) in [5.74, 6) is 0.933. The maximum absolute atomic E-state index is 11.1. The second kappa shape index (κ2) is 9.02. The van der Waals surface area contributed by atoms with Crippen molar-refractivity contribution >= 4 is 0 Å². The Bertz CT molecular complexity index is 620. The summed E-state index contributed by atoms with van der Waals surface area (Å²) in [6.45, 7) is 5.81. The van der Waals surface area contributed by atoms with Crippen molar-refractivity contribution in [2.45, 2.75) is 38.2 Å². The molecule has 0 aliphatic carbocycles. The van der Waals surface area contributed by atoms with Crippen LogP contribution in [-0.2, 0) is 0 Å². The Morgan fingerprint density at radius 2 is 1.60 bits per heavy atom. The molecular formula is C22H29NO2. The largest absolute Gasteiger partial charge is 0.494 e. The number of hydrogen-bond acceptors (Lipinski definition) is 3. The first-order valence-electron chi connectivity index (χ1n) is 9.46. The van der Waals surface area contributed by atoms with E-state index >= 15 is 0 Å². The minimum absolute atomic E-state index is 0.0808. The summed E-state index contributed by atoms with van der Waals surface area (Å²) in [4.78, 5) is 2.50. The predicted molar refractivity (Wildman–Crippen MR) is 102 cm³/mol. The van der Waals surface area contributed by atoms with E-state index < -0.39 is 6.10 Å². The lowest BCUT2D eigenvalue weighted by molar-refractivity contribution is 0.109. The van der Waals surface area contributed by atoms with E-state index in [-0.39, 0.29) is 5.92 Å². The van der Waals surface area contributed by atoms with Gasteiger partial charge in [-0.25, -0.2) is 0 Å². The molecule has 3 rings (SSSR count). The first kappa shape index (κ1) is 18.0. The van der Waals surface area contributed by atoms with Crippen molar-refractivity contribution in [3.8, 4) is 5.75 Å². The van der Waals surface area contributed by atoms with Crippen LogP contribution < -0.4 is 4.74 Å². The number of hydrogen-bond donors (Lipinski definition) is 1. The molecule has 1 aliphatic rings. The number of aliphatic hydroxyl groups excluding tert-OH is 1. The van der Waals surface area contributed by atoms with Gasteiger partial charge in [0.25, 0.3) is 0 Å². The van der Waals surface area contributed by atoms with Crippen molar-refractivity contribution in [2.24, 2.45) is 0 Å². The first-order valence-corrected chi connectivity index (χ1v) is 9.46. The van der Waals surface area contributed by atoms with E-state index in [1.807, 2.05) is 37.3 Å². The molecule has 3 heteroatoms. The second-order valence-electron chi connectivity index (χ2n) is 6.83. The molecule has 2 atom stereocenters. The van der Waals surface area contributed by atoms with Crippen LogP contribution in [0.2, 0.25) is 0 Å². The van der Waals surface area contributed by atoms with Gasteiger partial charge in [0.15, 0.2) is 0 Å². The zero-order chi connectivity index (χ0) is 17.5. The molecule has 2 aromatic rings. The number of nitrogens with zero attached hydrogens (tertiary/aromatic N) is 1. The summed E-state index contributed by atoms with van der Waals surface area (Å²) in [6, 6.07) is 18.3. The normalized spacial score (nSPS) is 17.8. The van der Waals surface area contributed by atoms with Crippen molar-refractivity contribution in [1.82, 2.24) is 4.90 Å². The Kier molecular flexibility index (Phi) is 6.48. The number of ether oxygens (including phenoxy) is 1. The highest BCUT2D eigenvalue weighted by molar-refractivity contribution is 5.32. The summed E-state index contributed by atoms with van der Waals surface area (Å²) in [5.41, 5.74) is 2.16. The van der Waals surface area contributed by atoms with Crippen molar-refractivity contribution in [1.29, 1.82) is 0 Å². The molecule has 0 unspecified atom stereocenters. The highest BCUT2D eigenvalue weighted by Gasteiger charge is 2.26. The summed E-state index contributed by atoms with van der Waals surface area (Å²) >= 11 is 0. The zero-order valence-corrected chi connectivity index (χ0v) is 15.1. The lowest BCUT2D eigenvalue weighted by Crippen LogP contribution is -2.35. The van der Waals surface area contributed by atoms with Gasteiger partial charge < -0.3 is 14.7 Å². The van der Waals surface area contributed by atoms with Crippen molar-refractivity contribution in [3.63, 3.8) is 0 Å². The van der Waals surface area contributed by atoms with Gasteiger partial charge >= 0.3 is 0 Å². The highest BCUT2D eigenvalue weighted by Crippen LogP contribution is 2.33. The van der Waals surface area contributed by atoms with Gasteiger partial charge in [0.05, 0.1) is 12.7 Å². The van der Waals surface area contributed by atoms with Crippen molar-refractivity contribution < 1.29 is 9.84 Å². The number of piperidine rings is 1. The summed E-state index contributed by atoms with van der Waals surface area (Å²) in [7, 11) is 0. The van der Waals surface area contributed by atoms with Gasteiger partial charge in [-0.15, -0.1) is 0 Å².